The van der Waals surface area contributed by atoms with Crippen LogP contribution in [0, 0.1) is 34.5 Å². The summed E-state index contributed by atoms with van der Waals surface area (Å²) in [7, 11) is 2.41. The van der Waals surface area contributed by atoms with Gasteiger partial charge >= 0.3 is 23.9 Å². The van der Waals surface area contributed by atoms with Gasteiger partial charge in [0.1, 0.15) is 37.4 Å². The highest BCUT2D eigenvalue weighted by molar-refractivity contribution is 5.92. The van der Waals surface area contributed by atoms with Crippen LogP contribution in [0.5, 0.6) is 0 Å². The highest BCUT2D eigenvalue weighted by Crippen LogP contribution is 2.66. The first kappa shape index (κ1) is 43.4. The van der Waals surface area contributed by atoms with Gasteiger partial charge in [-0.3, -0.25) is 28.8 Å². The summed E-state index contributed by atoms with van der Waals surface area (Å²) in [5.74, 6) is -5.16. The molecule has 5 aliphatic rings. The van der Waals surface area contributed by atoms with Gasteiger partial charge in [-0.2, -0.15) is 0 Å². The zero-order valence-electron chi connectivity index (χ0n) is 32.8. The maximum Gasteiger partial charge on any atom is 0.328 e. The van der Waals surface area contributed by atoms with Crippen molar-refractivity contribution in [1.82, 2.24) is 21.3 Å². The fourth-order valence-electron chi connectivity index (χ4n) is 8.90. The summed E-state index contributed by atoms with van der Waals surface area (Å²) in [4.78, 5) is 106. The Hall–Kier alpha value is -4.28. The van der Waals surface area contributed by atoms with Gasteiger partial charge in [0.2, 0.25) is 23.6 Å². The van der Waals surface area contributed by atoms with Crippen LogP contribution in [-0.4, -0.2) is 112 Å². The molecule has 0 aromatic carbocycles. The number of rotatable bonds is 10. The smallest absolute Gasteiger partial charge is 0.328 e. The Labute approximate surface area is 321 Å². The number of ether oxygens (including phenoxy) is 5. The van der Waals surface area contributed by atoms with Gasteiger partial charge in [-0.1, -0.05) is 27.7 Å². The molecule has 4 amide bonds. The maximum absolute atomic E-state index is 14.1. The second-order valence-electron chi connectivity index (χ2n) is 16.5. The van der Waals surface area contributed by atoms with Crippen LogP contribution in [-0.2, 0) is 62.0 Å². The lowest BCUT2D eigenvalue weighted by atomic mass is 9.44. The van der Waals surface area contributed by atoms with E-state index in [9.17, 15) is 38.4 Å². The SMILES string of the molecule is COC(=O)[C@H](CC(C)C)NC(=O)[C@@H]1COC(=O)C23CC4CC(C2)CC(C4)(C3)C(=O)OC[C@@H](C(=O)N[C@@H](CC(C)C)C(=O)OC)NC(=O)CCOCCC(=O)N1. The molecule has 1 saturated heterocycles. The number of hydrogen-bond acceptors (Lipinski definition) is 13. The number of carbonyl (C=O) groups excluding carboxylic acids is 8. The predicted octanol–water partition coefficient (Wildman–Crippen LogP) is 0.847. The molecule has 1 heterocycles. The molecule has 55 heavy (non-hydrogen) atoms. The topological polar surface area (TPSA) is 231 Å². The van der Waals surface area contributed by atoms with E-state index in [0.29, 0.717) is 25.7 Å². The molecule has 5 fully saturated rings. The zero-order chi connectivity index (χ0) is 40.5. The van der Waals surface area contributed by atoms with Crippen molar-refractivity contribution in [3.63, 3.8) is 0 Å². The third kappa shape index (κ3) is 11.4. The molecule has 1 aliphatic heterocycles. The molecule has 0 aromatic heterocycles. The molecule has 4 atom stereocenters. The molecule has 0 radical (unpaired) electrons. The summed E-state index contributed by atoms with van der Waals surface area (Å²) in [6, 6.07) is -4.73. The fraction of sp³-hybridized carbons (Fsp3) is 0.789. The highest BCUT2D eigenvalue weighted by atomic mass is 16.5. The Morgan fingerprint density at radius 3 is 1.42 bits per heavy atom. The van der Waals surface area contributed by atoms with Crippen molar-refractivity contribution in [1.29, 1.82) is 0 Å². The highest BCUT2D eigenvalue weighted by Gasteiger charge is 2.64. The molecular formula is C38H58N4O13. The van der Waals surface area contributed by atoms with Crippen LogP contribution in [0.4, 0.5) is 0 Å². The average molecular weight is 779 g/mol. The monoisotopic (exact) mass is 778 g/mol. The minimum Gasteiger partial charge on any atom is -0.467 e. The second kappa shape index (κ2) is 19.0. The van der Waals surface area contributed by atoms with Crippen LogP contribution in [0.3, 0.4) is 0 Å². The third-order valence-corrected chi connectivity index (χ3v) is 11.0. The average Bonchev–Trinajstić information content (AvgIpc) is 3.11. The molecule has 308 valence electrons. The zero-order valence-corrected chi connectivity index (χ0v) is 32.8. The van der Waals surface area contributed by atoms with E-state index in [1.165, 1.54) is 14.2 Å². The lowest BCUT2D eigenvalue weighted by Gasteiger charge is -2.59. The quantitative estimate of drug-likeness (QED) is 0.178. The number of cyclic esters (lactones) is 2. The van der Waals surface area contributed by atoms with Crippen LogP contribution in [0.1, 0.15) is 91.9 Å². The van der Waals surface area contributed by atoms with Crippen molar-refractivity contribution in [2.75, 3.05) is 40.6 Å². The second-order valence-corrected chi connectivity index (χ2v) is 16.5. The van der Waals surface area contributed by atoms with E-state index in [1.807, 2.05) is 27.7 Å². The van der Waals surface area contributed by atoms with Crippen molar-refractivity contribution in [3.05, 3.63) is 0 Å². The maximum atomic E-state index is 14.1. The largest absolute Gasteiger partial charge is 0.467 e. The Bertz CT molecular complexity index is 1350. The molecule has 4 saturated carbocycles. The van der Waals surface area contributed by atoms with Gasteiger partial charge in [-0.25, -0.2) is 9.59 Å². The molecule has 4 aliphatic carbocycles. The Kier molecular flexibility index (Phi) is 15.0. The normalized spacial score (nSPS) is 30.2. The summed E-state index contributed by atoms with van der Waals surface area (Å²) >= 11 is 0. The van der Waals surface area contributed by atoms with Gasteiger partial charge in [-0.05, 0) is 75.0 Å². The van der Waals surface area contributed by atoms with Gasteiger partial charge in [0.15, 0.2) is 0 Å². The van der Waals surface area contributed by atoms with Crippen molar-refractivity contribution >= 4 is 47.5 Å². The van der Waals surface area contributed by atoms with Crippen LogP contribution < -0.4 is 21.3 Å². The van der Waals surface area contributed by atoms with E-state index in [4.69, 9.17) is 23.7 Å². The third-order valence-electron chi connectivity index (χ3n) is 11.0. The fourth-order valence-corrected chi connectivity index (χ4v) is 8.90. The van der Waals surface area contributed by atoms with Crippen LogP contribution >= 0.6 is 0 Å². The van der Waals surface area contributed by atoms with Gasteiger partial charge < -0.3 is 45.0 Å². The van der Waals surface area contributed by atoms with Crippen LogP contribution in [0.15, 0.2) is 0 Å². The van der Waals surface area contributed by atoms with Crippen molar-refractivity contribution in [3.8, 4) is 0 Å². The molecule has 5 rings (SSSR count). The van der Waals surface area contributed by atoms with Crippen molar-refractivity contribution < 1.29 is 62.0 Å². The summed E-state index contributed by atoms with van der Waals surface area (Å²) in [6.07, 6.45) is 2.96. The van der Waals surface area contributed by atoms with Gasteiger partial charge in [0.05, 0.1) is 38.3 Å². The number of carbonyl (C=O) groups is 8. The first-order valence-corrected chi connectivity index (χ1v) is 19.3. The number of hydrogen-bond donors (Lipinski definition) is 4. The number of methoxy groups -OCH3 is 2. The molecule has 17 heteroatoms. The van der Waals surface area contributed by atoms with Crippen LogP contribution in [0.2, 0.25) is 0 Å². The molecule has 4 bridgehead atoms. The first-order chi connectivity index (χ1) is 26.0. The predicted molar refractivity (Wildman–Crippen MR) is 192 cm³/mol. The Morgan fingerprint density at radius 2 is 1.07 bits per heavy atom. The van der Waals surface area contributed by atoms with E-state index in [2.05, 4.69) is 21.3 Å². The van der Waals surface area contributed by atoms with E-state index in [1.54, 1.807) is 0 Å². The number of nitrogens with one attached hydrogen (secondary N) is 4. The molecule has 0 unspecified atom stereocenters. The van der Waals surface area contributed by atoms with Crippen molar-refractivity contribution in [2.24, 2.45) is 34.5 Å². The molecule has 17 nitrogen and oxygen atoms in total. The minimum absolute atomic E-state index is 0.0154. The van der Waals surface area contributed by atoms with E-state index >= 15 is 0 Å². The Morgan fingerprint density at radius 1 is 0.691 bits per heavy atom. The standard InChI is InChI=1S/C38H58N4O13/c1-21(2)11-25(33(47)51-5)41-31(45)27-18-54-35(49)37-14-23-13-24(15-37)17-38(16-23,20-37)36(50)55-19-28(32(46)42-26(12-22(3)4)34(48)52-6)40-30(44)8-10-53-9-7-29(43)39-27/h21-28H,7-20H2,1-6H3,(H,39,43)(H,40,44)(H,41,45)(H,42,46)/t23?,24?,25-,26-,27-,28-,37?,38?/m0/s1. The lowest BCUT2D eigenvalue weighted by molar-refractivity contribution is -0.195. The minimum atomic E-state index is -1.36. The molecule has 2 spiro atoms. The van der Waals surface area contributed by atoms with Gasteiger partial charge in [-0.15, -0.1) is 0 Å². The lowest BCUT2D eigenvalue weighted by Crippen LogP contribution is -2.59. The van der Waals surface area contributed by atoms with Crippen LogP contribution in [0.25, 0.3) is 0 Å². The van der Waals surface area contributed by atoms with Gasteiger partial charge in [0.25, 0.3) is 0 Å². The van der Waals surface area contributed by atoms with Gasteiger partial charge in [0, 0.05) is 12.8 Å². The van der Waals surface area contributed by atoms with E-state index < -0.39 is 95.7 Å². The first-order valence-electron chi connectivity index (χ1n) is 19.3. The molecular weight excluding hydrogens is 720 g/mol. The molecule has 0 aromatic rings. The summed E-state index contributed by atoms with van der Waals surface area (Å²) in [5.41, 5.74) is -2.10. The van der Waals surface area contributed by atoms with E-state index in [0.717, 1.165) is 6.42 Å². The summed E-state index contributed by atoms with van der Waals surface area (Å²) in [5, 5.41) is 10.4. The number of amides is 4. The van der Waals surface area contributed by atoms with Crippen molar-refractivity contribution in [2.45, 2.75) is 116 Å². The summed E-state index contributed by atoms with van der Waals surface area (Å²) < 4.78 is 26.9. The Balaban J connectivity index is 1.58. The summed E-state index contributed by atoms with van der Waals surface area (Å²) in [6.45, 7) is 6.15. The number of esters is 4. The van der Waals surface area contributed by atoms with E-state index in [-0.39, 0.29) is 69.0 Å². The molecule has 4 N–H and O–H groups in total.